The molecule has 33 heavy (non-hydrogen) atoms. The second kappa shape index (κ2) is 10.1. The van der Waals surface area contributed by atoms with E-state index in [1.165, 1.54) is 16.3 Å². The monoisotopic (exact) mass is 498 g/mol. The Kier molecular flexibility index (Phi) is 7.65. The van der Waals surface area contributed by atoms with Crippen LogP contribution in [0.3, 0.4) is 0 Å². The summed E-state index contributed by atoms with van der Waals surface area (Å²) in [7, 11) is -0.723. The summed E-state index contributed by atoms with van der Waals surface area (Å²) in [6.45, 7) is 3.37. The lowest BCUT2D eigenvalue weighted by molar-refractivity contribution is -0.138. The number of hydrogen-bond acceptors (Lipinski definition) is 7. The molecule has 0 radical (unpaired) electrons. The lowest BCUT2D eigenvalue weighted by Gasteiger charge is -2.32. The quantitative estimate of drug-likeness (QED) is 0.622. The molecule has 1 N–H and O–H groups in total. The average molecular weight is 499 g/mol. The number of carbonyl (C=O) groups excluding carboxylic acids is 2. The predicted molar refractivity (Wildman–Crippen MR) is 122 cm³/mol. The summed E-state index contributed by atoms with van der Waals surface area (Å²) >= 11 is 5.98. The fraction of sp³-hybridized carbons (Fsp3) is 0.476. The summed E-state index contributed by atoms with van der Waals surface area (Å²) in [6.07, 6.45) is 0.713. The Morgan fingerprint density at radius 1 is 1.30 bits per heavy atom. The molecule has 0 atom stereocenters. The van der Waals surface area contributed by atoms with Crippen molar-refractivity contribution in [2.75, 3.05) is 39.1 Å². The number of nitrogens with one attached hydrogen (secondary N) is 1. The van der Waals surface area contributed by atoms with E-state index in [1.54, 1.807) is 39.1 Å². The summed E-state index contributed by atoms with van der Waals surface area (Å²) in [6, 6.07) is 4.84. The van der Waals surface area contributed by atoms with E-state index >= 15 is 0 Å². The maximum atomic E-state index is 13.0. The van der Waals surface area contributed by atoms with Crippen LogP contribution < -0.4 is 10.1 Å². The molecule has 0 bridgehead atoms. The minimum absolute atomic E-state index is 0.0810. The Bertz CT molecular complexity index is 1120. The number of piperidine rings is 1. The van der Waals surface area contributed by atoms with Gasteiger partial charge in [0.1, 0.15) is 16.3 Å². The lowest BCUT2D eigenvalue weighted by Crippen LogP contribution is -2.45. The summed E-state index contributed by atoms with van der Waals surface area (Å²) in [5.74, 6) is -0.288. The number of carbonyl (C=O) groups is 2. The number of methoxy groups -OCH3 is 1. The SMILES string of the molecule is COc1ccc(Cl)cc1NC(=O)CN(C)C(=O)C1CCN(S(=O)(=O)c2c(C)noc2C)CC1. The van der Waals surface area contributed by atoms with Crippen molar-refractivity contribution in [3.63, 3.8) is 0 Å². The number of likely N-dealkylation sites (N-methyl/N-ethyl adjacent to an activating group) is 1. The van der Waals surface area contributed by atoms with Gasteiger partial charge in [0, 0.05) is 31.1 Å². The van der Waals surface area contributed by atoms with Gasteiger partial charge < -0.3 is 19.5 Å². The summed E-state index contributed by atoms with van der Waals surface area (Å²) in [5, 5.41) is 6.86. The third-order valence-electron chi connectivity index (χ3n) is 5.56. The molecule has 0 spiro atoms. The highest BCUT2D eigenvalue weighted by atomic mass is 35.5. The smallest absolute Gasteiger partial charge is 0.248 e. The van der Waals surface area contributed by atoms with Crippen LogP contribution in [0.4, 0.5) is 5.69 Å². The van der Waals surface area contributed by atoms with Crippen LogP contribution in [0.15, 0.2) is 27.6 Å². The second-order valence-electron chi connectivity index (χ2n) is 7.92. The molecule has 0 saturated carbocycles. The van der Waals surface area contributed by atoms with Crippen molar-refractivity contribution in [2.24, 2.45) is 5.92 Å². The second-order valence-corrected chi connectivity index (χ2v) is 10.2. The number of nitrogens with zero attached hydrogens (tertiary/aromatic N) is 3. The maximum Gasteiger partial charge on any atom is 0.248 e. The molecule has 0 aliphatic carbocycles. The zero-order valence-electron chi connectivity index (χ0n) is 18.9. The molecular formula is C21H27ClN4O6S. The molecule has 0 unspecified atom stereocenters. The molecule has 1 aliphatic rings. The van der Waals surface area contributed by atoms with Gasteiger partial charge in [0.15, 0.2) is 5.76 Å². The number of sulfonamides is 1. The number of rotatable bonds is 7. The summed E-state index contributed by atoms with van der Waals surface area (Å²) < 4.78 is 37.5. The number of benzene rings is 1. The predicted octanol–water partition coefficient (Wildman–Crippen LogP) is 2.45. The largest absolute Gasteiger partial charge is 0.495 e. The van der Waals surface area contributed by atoms with Crippen molar-refractivity contribution in [3.8, 4) is 5.75 Å². The van der Waals surface area contributed by atoms with Crippen LogP contribution in [0.25, 0.3) is 0 Å². The highest BCUT2D eigenvalue weighted by Gasteiger charge is 2.36. The van der Waals surface area contributed by atoms with Crippen LogP contribution in [0.5, 0.6) is 5.75 Å². The van der Waals surface area contributed by atoms with Gasteiger partial charge in [0.05, 0.1) is 19.3 Å². The summed E-state index contributed by atoms with van der Waals surface area (Å²) in [5.41, 5.74) is 0.724. The van der Waals surface area contributed by atoms with E-state index in [1.807, 2.05) is 0 Å². The first-order chi connectivity index (χ1) is 15.5. The molecule has 12 heteroatoms. The van der Waals surface area contributed by atoms with E-state index in [9.17, 15) is 18.0 Å². The number of halogens is 1. The maximum absolute atomic E-state index is 13.0. The number of aromatic nitrogens is 1. The zero-order valence-corrected chi connectivity index (χ0v) is 20.5. The van der Waals surface area contributed by atoms with Gasteiger partial charge in [-0.2, -0.15) is 4.31 Å². The van der Waals surface area contributed by atoms with Crippen molar-refractivity contribution >= 4 is 39.1 Å². The fourth-order valence-electron chi connectivity index (χ4n) is 3.89. The van der Waals surface area contributed by atoms with Crippen LogP contribution in [0, 0.1) is 19.8 Å². The van der Waals surface area contributed by atoms with Gasteiger partial charge in [0.25, 0.3) is 0 Å². The highest BCUT2D eigenvalue weighted by Crippen LogP contribution is 2.29. The van der Waals surface area contributed by atoms with Crippen LogP contribution in [-0.4, -0.2) is 68.4 Å². The molecule has 1 aromatic heterocycles. The van der Waals surface area contributed by atoms with E-state index in [0.29, 0.717) is 35.0 Å². The Morgan fingerprint density at radius 2 is 1.97 bits per heavy atom. The Morgan fingerprint density at radius 3 is 2.55 bits per heavy atom. The Balaban J connectivity index is 1.57. The average Bonchev–Trinajstić information content (AvgIpc) is 3.12. The van der Waals surface area contributed by atoms with E-state index in [0.717, 1.165) is 0 Å². The molecule has 1 aromatic carbocycles. The van der Waals surface area contributed by atoms with Gasteiger partial charge in [-0.3, -0.25) is 9.59 Å². The first-order valence-corrected chi connectivity index (χ1v) is 12.2. The van der Waals surface area contributed by atoms with Crippen molar-refractivity contribution in [2.45, 2.75) is 31.6 Å². The molecule has 2 heterocycles. The van der Waals surface area contributed by atoms with Crippen LogP contribution in [-0.2, 0) is 19.6 Å². The van der Waals surface area contributed by atoms with Gasteiger partial charge in [-0.05, 0) is 44.9 Å². The zero-order chi connectivity index (χ0) is 24.3. The molecule has 180 valence electrons. The van der Waals surface area contributed by atoms with Crippen molar-refractivity contribution in [1.29, 1.82) is 0 Å². The van der Waals surface area contributed by atoms with Crippen molar-refractivity contribution in [3.05, 3.63) is 34.7 Å². The van der Waals surface area contributed by atoms with E-state index in [-0.39, 0.29) is 42.1 Å². The van der Waals surface area contributed by atoms with Gasteiger partial charge in [-0.1, -0.05) is 16.8 Å². The molecular weight excluding hydrogens is 472 g/mol. The molecule has 3 rings (SSSR count). The number of hydrogen-bond donors (Lipinski definition) is 1. The molecule has 1 aliphatic heterocycles. The van der Waals surface area contributed by atoms with Gasteiger partial charge >= 0.3 is 0 Å². The Labute approximate surface area is 197 Å². The summed E-state index contributed by atoms with van der Waals surface area (Å²) in [4.78, 5) is 26.7. The van der Waals surface area contributed by atoms with E-state index in [2.05, 4.69) is 10.5 Å². The van der Waals surface area contributed by atoms with Gasteiger partial charge in [-0.25, -0.2) is 8.42 Å². The number of amides is 2. The van der Waals surface area contributed by atoms with E-state index in [4.69, 9.17) is 20.9 Å². The van der Waals surface area contributed by atoms with Gasteiger partial charge in [-0.15, -0.1) is 0 Å². The molecule has 2 aromatic rings. The number of anilines is 1. The first-order valence-electron chi connectivity index (χ1n) is 10.4. The number of ether oxygens (including phenoxy) is 1. The molecule has 10 nitrogen and oxygen atoms in total. The third-order valence-corrected chi connectivity index (χ3v) is 7.94. The van der Waals surface area contributed by atoms with Crippen LogP contribution >= 0.6 is 11.6 Å². The van der Waals surface area contributed by atoms with E-state index < -0.39 is 15.9 Å². The third kappa shape index (κ3) is 5.48. The minimum atomic E-state index is -3.75. The normalized spacial score (nSPS) is 15.3. The molecule has 2 amide bonds. The number of aryl methyl sites for hydroxylation is 2. The lowest BCUT2D eigenvalue weighted by atomic mass is 9.96. The van der Waals surface area contributed by atoms with Crippen LogP contribution in [0.2, 0.25) is 5.02 Å². The molecule has 1 fully saturated rings. The molecule has 1 saturated heterocycles. The van der Waals surface area contributed by atoms with Crippen molar-refractivity contribution < 1.29 is 27.3 Å². The Hall–Kier alpha value is -2.63. The van der Waals surface area contributed by atoms with Crippen LogP contribution in [0.1, 0.15) is 24.3 Å². The topological polar surface area (TPSA) is 122 Å². The van der Waals surface area contributed by atoms with Gasteiger partial charge in [0.2, 0.25) is 21.8 Å². The first kappa shape index (κ1) is 25.0. The minimum Gasteiger partial charge on any atom is -0.495 e. The van der Waals surface area contributed by atoms with Crippen molar-refractivity contribution in [1.82, 2.24) is 14.4 Å². The standard InChI is InChI=1S/C21H27ClN4O6S/c1-13-20(14(2)32-24-13)33(29,30)26-9-7-15(8-10-26)21(28)25(3)12-19(27)23-17-11-16(22)5-6-18(17)31-4/h5-6,11,15H,7-10,12H2,1-4H3,(H,23,27). The highest BCUT2D eigenvalue weighted by molar-refractivity contribution is 7.89. The fourth-order valence-corrected chi connectivity index (χ4v) is 5.82.